The molecule has 0 saturated carbocycles. The fraction of sp³-hybridized carbons (Fsp3) is 0.286. The maximum absolute atomic E-state index is 14.2. The molecule has 6 rings (SSSR count). The van der Waals surface area contributed by atoms with Gasteiger partial charge in [-0.25, -0.2) is 17.5 Å². The molecule has 0 amide bonds. The molecule has 0 N–H and O–H groups in total. The Morgan fingerprint density at radius 3 is 2.56 bits per heavy atom. The topological polar surface area (TPSA) is 103 Å². The van der Waals surface area contributed by atoms with Crippen molar-refractivity contribution in [3.63, 3.8) is 0 Å². The lowest BCUT2D eigenvalue weighted by molar-refractivity contribution is 0.0770. The number of rotatable bonds is 5. The minimum absolute atomic E-state index is 0. The number of carbonyl (C=O) groups excluding carboxylic acids is 1. The van der Waals surface area contributed by atoms with E-state index in [1.54, 1.807) is 42.3 Å². The lowest BCUT2D eigenvalue weighted by Gasteiger charge is -2.44. The molecule has 1 atom stereocenters. The number of piperidine rings is 1. The van der Waals surface area contributed by atoms with Crippen LogP contribution in [0.2, 0.25) is 0 Å². The number of hydrogen-bond donors (Lipinski definition) is 0. The third kappa shape index (κ3) is 4.41. The average molecular weight is 549 g/mol. The van der Waals surface area contributed by atoms with E-state index in [9.17, 15) is 17.6 Å². The number of halogens is 1. The maximum atomic E-state index is 14.2. The number of benzene rings is 1. The lowest BCUT2D eigenvalue weighted by atomic mass is 9.65. The van der Waals surface area contributed by atoms with Gasteiger partial charge >= 0.3 is 0 Å². The van der Waals surface area contributed by atoms with Gasteiger partial charge < -0.3 is 0 Å². The second-order valence-corrected chi connectivity index (χ2v) is 11.8. The van der Waals surface area contributed by atoms with Crippen LogP contribution in [0, 0.1) is 18.2 Å². The number of aryl methyl sites for hydroxylation is 2. The van der Waals surface area contributed by atoms with Crippen molar-refractivity contribution in [2.45, 2.75) is 32.1 Å². The van der Waals surface area contributed by atoms with Gasteiger partial charge in [0.1, 0.15) is 16.4 Å². The smallest absolute Gasteiger partial charge is 0.246 e. The number of fused-ring (bicyclic) bond motifs is 2. The van der Waals surface area contributed by atoms with Crippen LogP contribution in [0.5, 0.6) is 0 Å². The van der Waals surface area contributed by atoms with E-state index in [1.165, 1.54) is 33.5 Å². The molecule has 1 fully saturated rings. The predicted octanol–water partition coefficient (Wildman–Crippen LogP) is 3.99. The number of nitrogens with zero attached hydrogens (tertiary/aromatic N) is 6. The quantitative estimate of drug-likeness (QED) is 0.350. The Morgan fingerprint density at radius 1 is 1.10 bits per heavy atom. The molecule has 1 aromatic carbocycles. The highest BCUT2D eigenvalue weighted by molar-refractivity contribution is 7.89. The van der Waals surface area contributed by atoms with E-state index >= 15 is 0 Å². The summed E-state index contributed by atoms with van der Waals surface area (Å²) in [6, 6.07) is 9.59. The minimum Gasteiger partial charge on any atom is -0.291 e. The molecule has 202 valence electrons. The second-order valence-electron chi connectivity index (χ2n) is 9.86. The van der Waals surface area contributed by atoms with Crippen molar-refractivity contribution in [1.82, 2.24) is 28.9 Å². The van der Waals surface area contributed by atoms with E-state index in [2.05, 4.69) is 15.2 Å². The molecule has 3 aromatic heterocycles. The van der Waals surface area contributed by atoms with E-state index in [0.29, 0.717) is 17.8 Å². The van der Waals surface area contributed by atoms with Crippen LogP contribution in [0.15, 0.2) is 71.7 Å². The Labute approximate surface area is 226 Å². The van der Waals surface area contributed by atoms with Crippen molar-refractivity contribution in [3.8, 4) is 5.69 Å². The molecule has 1 aliphatic heterocycles. The number of ketones is 1. The molecule has 2 aliphatic rings. The molecule has 0 bridgehead atoms. The van der Waals surface area contributed by atoms with Gasteiger partial charge in [-0.15, -0.1) is 0 Å². The fourth-order valence-electron chi connectivity index (χ4n) is 5.40. The van der Waals surface area contributed by atoms with E-state index in [4.69, 9.17) is 0 Å². The first-order valence-electron chi connectivity index (χ1n) is 12.2. The van der Waals surface area contributed by atoms with Crippen LogP contribution in [-0.4, -0.2) is 56.1 Å². The van der Waals surface area contributed by atoms with Crippen molar-refractivity contribution in [3.05, 3.63) is 95.1 Å². The number of pyridine rings is 1. The van der Waals surface area contributed by atoms with E-state index < -0.39 is 15.4 Å². The molecule has 0 spiro atoms. The van der Waals surface area contributed by atoms with Crippen LogP contribution < -0.4 is 0 Å². The summed E-state index contributed by atoms with van der Waals surface area (Å²) >= 11 is 0. The zero-order valence-electron chi connectivity index (χ0n) is 20.9. The van der Waals surface area contributed by atoms with Gasteiger partial charge in [-0.05, 0) is 73.4 Å². The van der Waals surface area contributed by atoms with Gasteiger partial charge in [0, 0.05) is 32.5 Å². The highest BCUT2D eigenvalue weighted by atomic mass is 32.2. The molecule has 0 radical (unpaired) electrons. The van der Waals surface area contributed by atoms with Crippen LogP contribution in [0.4, 0.5) is 4.39 Å². The molecule has 1 saturated heterocycles. The number of hydrogen-bond acceptors (Lipinski definition) is 6. The van der Waals surface area contributed by atoms with E-state index in [0.717, 1.165) is 22.4 Å². The van der Waals surface area contributed by atoms with E-state index in [-0.39, 0.29) is 43.4 Å². The first-order valence-corrected chi connectivity index (χ1v) is 13.6. The van der Waals surface area contributed by atoms with Crippen molar-refractivity contribution in [1.29, 1.82) is 0 Å². The first kappa shape index (κ1) is 26.6. The zero-order chi connectivity index (χ0) is 26.7. The Morgan fingerprint density at radius 2 is 1.87 bits per heavy atom. The molecule has 9 nitrogen and oxygen atoms in total. The third-order valence-electron chi connectivity index (χ3n) is 7.35. The molecule has 4 heterocycles. The highest BCUT2D eigenvalue weighted by Crippen LogP contribution is 2.47. The third-order valence-corrected chi connectivity index (χ3v) is 9.15. The molecule has 4 aromatic rings. The predicted molar refractivity (Wildman–Crippen MR) is 144 cm³/mol. The maximum Gasteiger partial charge on any atom is 0.246 e. The van der Waals surface area contributed by atoms with Gasteiger partial charge in [-0.3, -0.25) is 14.5 Å². The number of Topliss-reactive ketones (excluding diaryl/α,β-unsaturated/α-hetero) is 1. The normalized spacial score (nSPS) is 19.0. The van der Waals surface area contributed by atoms with E-state index in [1.807, 2.05) is 19.1 Å². The van der Waals surface area contributed by atoms with Gasteiger partial charge in [0.25, 0.3) is 0 Å². The van der Waals surface area contributed by atoms with Crippen molar-refractivity contribution >= 4 is 21.9 Å². The van der Waals surface area contributed by atoms with Gasteiger partial charge in [0.15, 0.2) is 5.78 Å². The summed E-state index contributed by atoms with van der Waals surface area (Å²) in [5.41, 5.74) is 3.18. The lowest BCUT2D eigenvalue weighted by Crippen LogP contribution is -2.53. The molecular formula is C28H29FN6O3S. The van der Waals surface area contributed by atoms with Gasteiger partial charge in [-0.1, -0.05) is 13.0 Å². The molecular weight excluding hydrogens is 519 g/mol. The molecule has 11 heteroatoms. The number of aromatic nitrogens is 5. The Kier molecular flexibility index (Phi) is 6.59. The Hall–Kier alpha value is -3.96. The minimum atomic E-state index is -3.88. The zero-order valence-corrected chi connectivity index (χ0v) is 21.7. The van der Waals surface area contributed by atoms with Crippen LogP contribution in [0.1, 0.15) is 41.2 Å². The van der Waals surface area contributed by atoms with Crippen LogP contribution in [-0.2, 0) is 23.5 Å². The summed E-state index contributed by atoms with van der Waals surface area (Å²) in [4.78, 5) is 18.7. The van der Waals surface area contributed by atoms with Crippen LogP contribution in [0.3, 0.4) is 0 Å². The highest BCUT2D eigenvalue weighted by Gasteiger charge is 2.51. The summed E-state index contributed by atoms with van der Waals surface area (Å²) in [6.45, 7) is 2.09. The Balaban J connectivity index is 0.00000308. The van der Waals surface area contributed by atoms with Crippen LogP contribution in [0.25, 0.3) is 11.8 Å². The molecule has 39 heavy (non-hydrogen) atoms. The largest absolute Gasteiger partial charge is 0.291 e. The van der Waals surface area contributed by atoms with Gasteiger partial charge in [0.2, 0.25) is 10.0 Å². The monoisotopic (exact) mass is 548 g/mol. The average Bonchev–Trinajstić information content (AvgIpc) is 3.53. The van der Waals surface area contributed by atoms with Crippen molar-refractivity contribution in [2.75, 3.05) is 13.1 Å². The first-order chi connectivity index (χ1) is 18.2. The van der Waals surface area contributed by atoms with Crippen LogP contribution >= 0.6 is 0 Å². The number of carbonyl (C=O) groups is 1. The Bertz CT molecular complexity index is 1710. The summed E-state index contributed by atoms with van der Waals surface area (Å²) in [6.07, 6.45) is 8.65. The summed E-state index contributed by atoms with van der Waals surface area (Å²) in [7, 11) is -2.22. The SMILES string of the molecule is C.Cc1ccnc(C(=O)[C@]23Cc4cnn(-c5ccc(F)cc5)c4C=C2CCN(S(=O)(=O)c2cnn(C)c2)C3)c1. The summed E-state index contributed by atoms with van der Waals surface area (Å²) in [5, 5.41) is 8.55. The molecule has 0 unspecified atom stereocenters. The fourth-order valence-corrected chi connectivity index (χ4v) is 6.88. The summed E-state index contributed by atoms with van der Waals surface area (Å²) in [5.74, 6) is -0.565. The van der Waals surface area contributed by atoms with Gasteiger partial charge in [-0.2, -0.15) is 14.5 Å². The van der Waals surface area contributed by atoms with Crippen molar-refractivity contribution in [2.24, 2.45) is 12.5 Å². The van der Waals surface area contributed by atoms with Gasteiger partial charge in [0.05, 0.1) is 29.2 Å². The second kappa shape index (κ2) is 9.65. The standard InChI is InChI=1S/C27H25FN6O3S.CH4/c1-18-7-9-29-24(11-18)26(35)27-13-19-14-31-34(22-5-3-21(28)4-6-22)25(19)12-20(27)8-10-33(17-27)38(36,37)23-15-30-32(2)16-23;/h3-7,9,11-12,14-16H,8,10,13,17H2,1-2H3;1H4/t27-;/m0./s1. The van der Waals surface area contributed by atoms with Crippen molar-refractivity contribution < 1.29 is 17.6 Å². The number of sulfonamides is 1. The summed E-state index contributed by atoms with van der Waals surface area (Å²) < 4.78 is 45.2. The molecule has 1 aliphatic carbocycles.